The van der Waals surface area contributed by atoms with Gasteiger partial charge in [-0.2, -0.15) is 5.26 Å². The van der Waals surface area contributed by atoms with Gasteiger partial charge in [0.25, 0.3) is 0 Å². The predicted molar refractivity (Wildman–Crippen MR) is 61.6 cm³/mol. The van der Waals surface area contributed by atoms with E-state index in [4.69, 9.17) is 0 Å². The van der Waals surface area contributed by atoms with Crippen molar-refractivity contribution in [3.8, 4) is 6.07 Å². The van der Waals surface area contributed by atoms with Crippen LogP contribution in [0.25, 0.3) is 11.0 Å². The quantitative estimate of drug-likeness (QED) is 0.733. The molecule has 0 N–H and O–H groups in total. The zero-order valence-corrected chi connectivity index (χ0v) is 9.68. The van der Waals surface area contributed by atoms with E-state index in [1.807, 2.05) is 45.0 Å². The molecule has 1 heterocycles. The zero-order valence-electron chi connectivity index (χ0n) is 9.68. The van der Waals surface area contributed by atoms with Gasteiger partial charge in [0, 0.05) is 0 Å². The normalized spacial score (nSPS) is 13.6. The SMILES string of the molecule is CC(C)(C)C(C#N)n1nnc2ccccc21. The maximum absolute atomic E-state index is 9.25. The zero-order chi connectivity index (χ0) is 11.8. The lowest BCUT2D eigenvalue weighted by Crippen LogP contribution is -2.23. The van der Waals surface area contributed by atoms with Crippen molar-refractivity contribution in [1.29, 1.82) is 5.26 Å². The van der Waals surface area contributed by atoms with Crippen LogP contribution in [0.1, 0.15) is 26.8 Å². The van der Waals surface area contributed by atoms with Crippen molar-refractivity contribution >= 4 is 11.0 Å². The molecule has 16 heavy (non-hydrogen) atoms. The van der Waals surface area contributed by atoms with E-state index in [1.165, 1.54) is 0 Å². The Morgan fingerprint density at radius 2 is 2.00 bits per heavy atom. The lowest BCUT2D eigenvalue weighted by atomic mass is 9.88. The van der Waals surface area contributed by atoms with Gasteiger partial charge in [-0.1, -0.05) is 38.1 Å². The number of nitriles is 1. The van der Waals surface area contributed by atoms with E-state index in [0.29, 0.717) is 0 Å². The summed E-state index contributed by atoms with van der Waals surface area (Å²) in [7, 11) is 0. The molecule has 1 aromatic carbocycles. The summed E-state index contributed by atoms with van der Waals surface area (Å²) in [6, 6.07) is 9.67. The number of fused-ring (bicyclic) bond motifs is 1. The summed E-state index contributed by atoms with van der Waals surface area (Å²) in [5.74, 6) is 0. The van der Waals surface area contributed by atoms with Crippen LogP contribution in [-0.4, -0.2) is 15.0 Å². The first-order chi connectivity index (χ1) is 7.54. The van der Waals surface area contributed by atoms with Crippen LogP contribution in [0.5, 0.6) is 0 Å². The Labute approximate surface area is 94.5 Å². The highest BCUT2D eigenvalue weighted by Gasteiger charge is 2.28. The maximum Gasteiger partial charge on any atom is 0.145 e. The topological polar surface area (TPSA) is 54.5 Å². The van der Waals surface area contributed by atoms with Gasteiger partial charge in [-0.25, -0.2) is 4.68 Å². The van der Waals surface area contributed by atoms with Gasteiger partial charge in [0.1, 0.15) is 11.6 Å². The number of para-hydroxylation sites is 1. The van der Waals surface area contributed by atoms with Gasteiger partial charge in [-0.05, 0) is 17.5 Å². The molecule has 0 amide bonds. The Bertz CT molecular complexity index is 542. The second-order valence-electron chi connectivity index (χ2n) is 4.92. The third kappa shape index (κ3) is 1.65. The van der Waals surface area contributed by atoms with Gasteiger partial charge in [-0.15, -0.1) is 5.10 Å². The fourth-order valence-electron chi connectivity index (χ4n) is 1.69. The van der Waals surface area contributed by atoms with Crippen LogP contribution in [0, 0.1) is 16.7 Å². The lowest BCUT2D eigenvalue weighted by Gasteiger charge is -2.24. The Morgan fingerprint density at radius 3 is 2.62 bits per heavy atom. The maximum atomic E-state index is 9.25. The standard InChI is InChI=1S/C12H14N4/c1-12(2,3)11(8-13)16-10-7-5-4-6-9(10)14-15-16/h4-7,11H,1-3H3. The Balaban J connectivity index is 2.59. The molecule has 2 aromatic rings. The molecule has 2 rings (SSSR count). The largest absolute Gasteiger partial charge is 0.227 e. The van der Waals surface area contributed by atoms with Crippen molar-refractivity contribution in [2.45, 2.75) is 26.8 Å². The molecule has 82 valence electrons. The molecule has 1 aromatic heterocycles. The monoisotopic (exact) mass is 214 g/mol. The van der Waals surface area contributed by atoms with Crippen molar-refractivity contribution < 1.29 is 0 Å². The molecule has 0 radical (unpaired) electrons. The summed E-state index contributed by atoms with van der Waals surface area (Å²) in [6.45, 7) is 6.08. The van der Waals surface area contributed by atoms with E-state index in [0.717, 1.165) is 11.0 Å². The first-order valence-electron chi connectivity index (χ1n) is 5.23. The molecule has 0 bridgehead atoms. The third-order valence-corrected chi connectivity index (χ3v) is 2.56. The van der Waals surface area contributed by atoms with Gasteiger partial charge < -0.3 is 0 Å². The highest BCUT2D eigenvalue weighted by atomic mass is 15.4. The fourth-order valence-corrected chi connectivity index (χ4v) is 1.69. The summed E-state index contributed by atoms with van der Waals surface area (Å²) < 4.78 is 1.70. The fraction of sp³-hybridized carbons (Fsp3) is 0.417. The molecule has 1 unspecified atom stereocenters. The number of hydrogen-bond donors (Lipinski definition) is 0. The van der Waals surface area contributed by atoms with Crippen LogP contribution in [0.2, 0.25) is 0 Å². The number of rotatable bonds is 1. The van der Waals surface area contributed by atoms with Gasteiger partial charge >= 0.3 is 0 Å². The predicted octanol–water partition coefficient (Wildman–Crippen LogP) is 2.54. The lowest BCUT2D eigenvalue weighted by molar-refractivity contribution is 0.283. The molecule has 0 fully saturated rings. The van der Waals surface area contributed by atoms with E-state index >= 15 is 0 Å². The Kier molecular flexibility index (Phi) is 2.39. The van der Waals surface area contributed by atoms with E-state index in [2.05, 4.69) is 16.4 Å². The number of nitrogens with zero attached hydrogens (tertiary/aromatic N) is 4. The number of aromatic nitrogens is 3. The van der Waals surface area contributed by atoms with Crippen LogP contribution >= 0.6 is 0 Å². The first-order valence-corrected chi connectivity index (χ1v) is 5.23. The molecule has 0 saturated heterocycles. The molecule has 0 aliphatic rings. The average molecular weight is 214 g/mol. The van der Waals surface area contributed by atoms with Crippen LogP contribution in [-0.2, 0) is 0 Å². The van der Waals surface area contributed by atoms with Crippen molar-refractivity contribution in [3.05, 3.63) is 24.3 Å². The van der Waals surface area contributed by atoms with E-state index < -0.39 is 0 Å². The summed E-state index contributed by atoms with van der Waals surface area (Å²) in [6.07, 6.45) is 0. The molecular weight excluding hydrogens is 200 g/mol. The molecule has 0 aliphatic carbocycles. The van der Waals surface area contributed by atoms with Gasteiger partial charge in [0.2, 0.25) is 0 Å². The van der Waals surface area contributed by atoms with Crippen LogP contribution in [0.15, 0.2) is 24.3 Å². The minimum absolute atomic E-state index is 0.161. The molecule has 0 aliphatic heterocycles. The van der Waals surface area contributed by atoms with Crippen LogP contribution in [0.3, 0.4) is 0 Å². The van der Waals surface area contributed by atoms with E-state index in [1.54, 1.807) is 4.68 Å². The number of hydrogen-bond acceptors (Lipinski definition) is 3. The number of benzene rings is 1. The summed E-state index contributed by atoms with van der Waals surface area (Å²) >= 11 is 0. The Morgan fingerprint density at radius 1 is 1.31 bits per heavy atom. The molecular formula is C12H14N4. The molecule has 0 spiro atoms. The summed E-state index contributed by atoms with van der Waals surface area (Å²) in [4.78, 5) is 0. The Hall–Kier alpha value is -1.89. The highest BCUT2D eigenvalue weighted by Crippen LogP contribution is 2.31. The van der Waals surface area contributed by atoms with E-state index in [9.17, 15) is 5.26 Å². The molecule has 1 atom stereocenters. The van der Waals surface area contributed by atoms with Crippen molar-refractivity contribution in [3.63, 3.8) is 0 Å². The minimum Gasteiger partial charge on any atom is -0.227 e. The highest BCUT2D eigenvalue weighted by molar-refractivity contribution is 5.74. The third-order valence-electron chi connectivity index (χ3n) is 2.56. The molecule has 0 saturated carbocycles. The first kappa shape index (κ1) is 10.6. The second-order valence-corrected chi connectivity index (χ2v) is 4.92. The molecule has 4 nitrogen and oxygen atoms in total. The smallest absolute Gasteiger partial charge is 0.145 e. The van der Waals surface area contributed by atoms with E-state index in [-0.39, 0.29) is 11.5 Å². The van der Waals surface area contributed by atoms with Gasteiger partial charge in [0.05, 0.1) is 11.6 Å². The van der Waals surface area contributed by atoms with Crippen molar-refractivity contribution in [2.24, 2.45) is 5.41 Å². The van der Waals surface area contributed by atoms with Crippen molar-refractivity contribution in [1.82, 2.24) is 15.0 Å². The average Bonchev–Trinajstić information content (AvgIpc) is 2.61. The molecule has 4 heteroatoms. The van der Waals surface area contributed by atoms with Crippen LogP contribution in [0.4, 0.5) is 0 Å². The van der Waals surface area contributed by atoms with Gasteiger partial charge in [-0.3, -0.25) is 0 Å². The second kappa shape index (κ2) is 3.60. The van der Waals surface area contributed by atoms with Gasteiger partial charge in [0.15, 0.2) is 0 Å². The van der Waals surface area contributed by atoms with Crippen molar-refractivity contribution in [2.75, 3.05) is 0 Å². The van der Waals surface area contributed by atoms with Crippen LogP contribution < -0.4 is 0 Å². The minimum atomic E-state index is -0.306. The summed E-state index contributed by atoms with van der Waals surface area (Å²) in [5, 5.41) is 17.4. The summed E-state index contributed by atoms with van der Waals surface area (Å²) in [5.41, 5.74) is 1.57.